The van der Waals surface area contributed by atoms with Crippen LogP contribution in [0.5, 0.6) is 5.75 Å². The second-order valence-electron chi connectivity index (χ2n) is 7.55. The first kappa shape index (κ1) is 20.2. The van der Waals surface area contributed by atoms with Crippen LogP contribution >= 0.6 is 11.8 Å². The van der Waals surface area contributed by atoms with Crippen molar-refractivity contribution in [3.8, 4) is 5.75 Å². The normalized spacial score (nSPS) is 11.1. The number of pyridine rings is 2. The molecular weight excluding hydrogens is 390 g/mol. The molecule has 5 heteroatoms. The minimum Gasteiger partial charge on any atom is -0.491 e. The molecule has 0 aliphatic rings. The molecule has 30 heavy (non-hydrogen) atoms. The maximum Gasteiger partial charge on any atom is 0.161 e. The quantitative estimate of drug-likeness (QED) is 0.370. The monoisotopic (exact) mass is 415 g/mol. The number of hydrogen-bond acceptors (Lipinski definition) is 5. The van der Waals surface area contributed by atoms with Gasteiger partial charge in [0.25, 0.3) is 0 Å². The molecule has 4 nitrogen and oxygen atoms in total. The second-order valence-corrected chi connectivity index (χ2v) is 8.66. The number of hydrogen-bond donors (Lipinski definition) is 1. The zero-order chi connectivity index (χ0) is 21.1. The first-order valence-corrected chi connectivity index (χ1v) is 10.8. The number of benzene rings is 2. The van der Waals surface area contributed by atoms with Gasteiger partial charge in [0.05, 0.1) is 17.5 Å². The molecule has 4 aromatic rings. The molecule has 2 aromatic heterocycles. The lowest BCUT2D eigenvalue weighted by Gasteiger charge is -2.15. The average Bonchev–Trinajstić information content (AvgIpc) is 2.71. The Morgan fingerprint density at radius 2 is 1.70 bits per heavy atom. The smallest absolute Gasteiger partial charge is 0.161 e. The van der Waals surface area contributed by atoms with Gasteiger partial charge in [0.2, 0.25) is 0 Å². The van der Waals surface area contributed by atoms with Crippen molar-refractivity contribution in [3.05, 3.63) is 78.1 Å². The first-order valence-electron chi connectivity index (χ1n) is 10.0. The van der Waals surface area contributed by atoms with Gasteiger partial charge in [0, 0.05) is 27.1 Å². The van der Waals surface area contributed by atoms with E-state index in [4.69, 9.17) is 4.74 Å². The van der Waals surface area contributed by atoms with Crippen LogP contribution in [0.1, 0.15) is 25.1 Å². The standard InChI is InChI=1S/C25H25N3OS/c1-16(2)29-19-7-9-20(10-8-19)30-24-12-5-17(3)15-23(24)28-22-13-14-26-25-21(22)11-6-18(4)27-25/h5-16H,1-4H3,(H,26,27,28). The Bertz CT molecular complexity index is 1170. The van der Waals surface area contributed by atoms with Crippen LogP contribution in [0, 0.1) is 13.8 Å². The zero-order valence-electron chi connectivity index (χ0n) is 17.6. The number of aromatic nitrogens is 2. The third-order valence-electron chi connectivity index (χ3n) is 4.57. The molecule has 2 heterocycles. The predicted molar refractivity (Wildman–Crippen MR) is 125 cm³/mol. The summed E-state index contributed by atoms with van der Waals surface area (Å²) in [6.45, 7) is 8.15. The van der Waals surface area contributed by atoms with Gasteiger partial charge in [-0.15, -0.1) is 0 Å². The van der Waals surface area contributed by atoms with Gasteiger partial charge in [-0.25, -0.2) is 9.97 Å². The number of rotatable bonds is 6. The van der Waals surface area contributed by atoms with E-state index in [-0.39, 0.29) is 6.10 Å². The summed E-state index contributed by atoms with van der Waals surface area (Å²) < 4.78 is 5.75. The van der Waals surface area contributed by atoms with E-state index in [1.165, 1.54) is 5.56 Å². The summed E-state index contributed by atoms with van der Waals surface area (Å²) in [5.74, 6) is 0.891. The summed E-state index contributed by atoms with van der Waals surface area (Å²) in [5, 5.41) is 4.62. The molecule has 0 atom stereocenters. The van der Waals surface area contributed by atoms with Crippen molar-refractivity contribution < 1.29 is 4.74 Å². The average molecular weight is 416 g/mol. The number of ether oxygens (including phenoxy) is 1. The fourth-order valence-electron chi connectivity index (χ4n) is 3.19. The van der Waals surface area contributed by atoms with Gasteiger partial charge in [-0.05, 0) is 87.9 Å². The SMILES string of the molecule is Cc1ccc(Sc2ccc(OC(C)C)cc2)c(Nc2ccnc3nc(C)ccc23)c1. The largest absolute Gasteiger partial charge is 0.491 e. The highest BCUT2D eigenvalue weighted by molar-refractivity contribution is 7.99. The highest BCUT2D eigenvalue weighted by Crippen LogP contribution is 2.37. The maximum atomic E-state index is 5.75. The number of nitrogens with zero attached hydrogens (tertiary/aromatic N) is 2. The van der Waals surface area contributed by atoms with E-state index in [1.54, 1.807) is 18.0 Å². The van der Waals surface area contributed by atoms with Gasteiger partial charge >= 0.3 is 0 Å². The summed E-state index contributed by atoms with van der Waals surface area (Å²) in [6.07, 6.45) is 1.97. The molecule has 0 saturated heterocycles. The van der Waals surface area contributed by atoms with Crippen molar-refractivity contribution in [1.82, 2.24) is 9.97 Å². The van der Waals surface area contributed by atoms with Crippen molar-refractivity contribution in [2.24, 2.45) is 0 Å². The van der Waals surface area contributed by atoms with E-state index in [0.29, 0.717) is 0 Å². The van der Waals surface area contributed by atoms with Crippen molar-refractivity contribution in [3.63, 3.8) is 0 Å². The van der Waals surface area contributed by atoms with Crippen LogP contribution in [0.15, 0.2) is 76.7 Å². The molecule has 152 valence electrons. The lowest BCUT2D eigenvalue weighted by Crippen LogP contribution is -2.05. The van der Waals surface area contributed by atoms with Gasteiger partial charge < -0.3 is 10.1 Å². The maximum absolute atomic E-state index is 5.75. The van der Waals surface area contributed by atoms with Crippen LogP contribution in [-0.4, -0.2) is 16.1 Å². The lowest BCUT2D eigenvalue weighted by molar-refractivity contribution is 0.242. The molecule has 0 amide bonds. The van der Waals surface area contributed by atoms with Gasteiger partial charge in [0.15, 0.2) is 5.65 Å². The van der Waals surface area contributed by atoms with Crippen LogP contribution in [0.3, 0.4) is 0 Å². The molecule has 0 unspecified atom stereocenters. The van der Waals surface area contributed by atoms with Crippen LogP contribution < -0.4 is 10.1 Å². The number of anilines is 2. The first-order chi connectivity index (χ1) is 14.5. The van der Waals surface area contributed by atoms with E-state index in [0.717, 1.165) is 43.6 Å². The van der Waals surface area contributed by atoms with E-state index in [1.807, 2.05) is 45.0 Å². The summed E-state index contributed by atoms with van der Waals surface area (Å²) in [4.78, 5) is 11.3. The second kappa shape index (κ2) is 8.76. The van der Waals surface area contributed by atoms with E-state index >= 15 is 0 Å². The van der Waals surface area contributed by atoms with Crippen molar-refractivity contribution >= 4 is 34.2 Å². The highest BCUT2D eigenvalue weighted by Gasteiger charge is 2.09. The molecule has 0 spiro atoms. The van der Waals surface area contributed by atoms with E-state index in [9.17, 15) is 0 Å². The van der Waals surface area contributed by atoms with Gasteiger partial charge in [-0.2, -0.15) is 0 Å². The highest BCUT2D eigenvalue weighted by atomic mass is 32.2. The Hall–Kier alpha value is -3.05. The lowest BCUT2D eigenvalue weighted by atomic mass is 10.2. The fourth-order valence-corrected chi connectivity index (χ4v) is 4.08. The van der Waals surface area contributed by atoms with Crippen LogP contribution in [-0.2, 0) is 0 Å². The van der Waals surface area contributed by atoms with Crippen molar-refractivity contribution in [1.29, 1.82) is 0 Å². The van der Waals surface area contributed by atoms with Gasteiger partial charge in [0.1, 0.15) is 5.75 Å². The molecule has 0 aliphatic heterocycles. The molecule has 0 radical (unpaired) electrons. The topological polar surface area (TPSA) is 47.0 Å². The van der Waals surface area contributed by atoms with Crippen molar-refractivity contribution in [2.75, 3.05) is 5.32 Å². The molecule has 1 N–H and O–H groups in total. The third-order valence-corrected chi connectivity index (χ3v) is 5.65. The summed E-state index contributed by atoms with van der Waals surface area (Å²) in [6, 6.07) is 20.8. The predicted octanol–water partition coefficient (Wildman–Crippen LogP) is 6.93. The van der Waals surface area contributed by atoms with Crippen molar-refractivity contribution in [2.45, 2.75) is 43.6 Å². The Balaban J connectivity index is 1.63. The Morgan fingerprint density at radius 3 is 2.47 bits per heavy atom. The summed E-state index contributed by atoms with van der Waals surface area (Å²) >= 11 is 1.73. The molecule has 0 bridgehead atoms. The summed E-state index contributed by atoms with van der Waals surface area (Å²) in [7, 11) is 0. The molecule has 0 fully saturated rings. The number of fused-ring (bicyclic) bond motifs is 1. The minimum atomic E-state index is 0.171. The Morgan fingerprint density at radius 1 is 0.900 bits per heavy atom. The van der Waals surface area contributed by atoms with Crippen LogP contribution in [0.25, 0.3) is 11.0 Å². The van der Waals surface area contributed by atoms with Gasteiger partial charge in [-0.3, -0.25) is 0 Å². The third kappa shape index (κ3) is 4.74. The summed E-state index contributed by atoms with van der Waals surface area (Å²) in [5.41, 5.74) is 4.98. The molecular formula is C25H25N3OS. The Labute approximate surface area is 181 Å². The van der Waals surface area contributed by atoms with Crippen LogP contribution in [0.2, 0.25) is 0 Å². The number of nitrogens with one attached hydrogen (secondary N) is 1. The molecule has 0 aliphatic carbocycles. The van der Waals surface area contributed by atoms with E-state index in [2.05, 4.69) is 58.6 Å². The van der Waals surface area contributed by atoms with E-state index < -0.39 is 0 Å². The molecule has 2 aromatic carbocycles. The fraction of sp³-hybridized carbons (Fsp3) is 0.200. The minimum absolute atomic E-state index is 0.171. The van der Waals surface area contributed by atoms with Gasteiger partial charge in [-0.1, -0.05) is 17.8 Å². The number of aryl methyl sites for hydroxylation is 2. The van der Waals surface area contributed by atoms with Crippen LogP contribution in [0.4, 0.5) is 11.4 Å². The molecule has 0 saturated carbocycles. The zero-order valence-corrected chi connectivity index (χ0v) is 18.5. The Kier molecular flexibility index (Phi) is 5.91. The molecule has 4 rings (SSSR count).